The molecule has 2 N–H and O–H groups in total. The first kappa shape index (κ1) is 6.84. The van der Waals surface area contributed by atoms with Crippen LogP contribution in [0.5, 0.6) is 0 Å². The molecule has 4 heteroatoms. The third-order valence-corrected chi connectivity index (χ3v) is 1.41. The summed E-state index contributed by atoms with van der Waals surface area (Å²) in [4.78, 5) is 11.0. The first-order chi connectivity index (χ1) is 5.95. The van der Waals surface area contributed by atoms with E-state index in [-0.39, 0.29) is 0 Å². The van der Waals surface area contributed by atoms with Crippen LogP contribution in [0, 0.1) is 0 Å². The van der Waals surface area contributed by atoms with Crippen molar-refractivity contribution in [3.63, 3.8) is 0 Å². The van der Waals surface area contributed by atoms with Crippen molar-refractivity contribution in [1.29, 1.82) is 0 Å². The van der Waals surface area contributed by atoms with E-state index in [1.165, 1.54) is 0 Å². The Morgan fingerprint density at radius 1 is 1.17 bits per heavy atom. The van der Waals surface area contributed by atoms with E-state index in [1.54, 1.807) is 18.6 Å². The molecule has 2 aromatic rings. The van der Waals surface area contributed by atoms with Crippen LogP contribution in [0.15, 0.2) is 36.8 Å². The molecule has 0 aliphatic heterocycles. The van der Waals surface area contributed by atoms with Crippen molar-refractivity contribution in [3.05, 3.63) is 36.8 Å². The van der Waals surface area contributed by atoms with Gasteiger partial charge in [-0.1, -0.05) is 6.07 Å². The van der Waals surface area contributed by atoms with Gasteiger partial charge in [0.05, 0.1) is 0 Å². The average Bonchev–Trinajstić information content (AvgIpc) is 2.59. The molecule has 0 saturated carbocycles. The molecule has 0 aliphatic rings. The maximum atomic E-state index is 4.08. The van der Waals surface area contributed by atoms with Crippen LogP contribution in [-0.2, 0) is 0 Å². The van der Waals surface area contributed by atoms with E-state index < -0.39 is 0 Å². The molecular weight excluding hydrogens is 152 g/mol. The number of nitrogens with zero attached hydrogens (tertiary/aromatic N) is 2. The monoisotopic (exact) mass is 160 g/mol. The molecule has 60 valence electrons. The second-order valence-corrected chi connectivity index (χ2v) is 2.28. The van der Waals surface area contributed by atoms with Gasteiger partial charge in [-0.05, 0) is 12.1 Å². The smallest absolute Gasteiger partial charge is 0.205 e. The second kappa shape index (κ2) is 3.04. The molecule has 0 aromatic carbocycles. The molecule has 0 saturated heterocycles. The van der Waals surface area contributed by atoms with Gasteiger partial charge < -0.3 is 10.3 Å². The highest BCUT2D eigenvalue weighted by atomic mass is 15.1. The van der Waals surface area contributed by atoms with Crippen LogP contribution in [-0.4, -0.2) is 15.0 Å². The minimum Gasteiger partial charge on any atom is -0.331 e. The van der Waals surface area contributed by atoms with E-state index in [9.17, 15) is 0 Å². The zero-order valence-corrected chi connectivity index (χ0v) is 6.36. The first-order valence-corrected chi connectivity index (χ1v) is 3.62. The lowest BCUT2D eigenvalue weighted by molar-refractivity contribution is 1.23. The zero-order valence-electron chi connectivity index (χ0n) is 6.36. The van der Waals surface area contributed by atoms with E-state index in [0.29, 0.717) is 5.95 Å². The lowest BCUT2D eigenvalue weighted by atomic mass is 10.5. The van der Waals surface area contributed by atoms with Crippen molar-refractivity contribution in [1.82, 2.24) is 15.0 Å². The number of anilines is 2. The maximum Gasteiger partial charge on any atom is 0.205 e. The third kappa shape index (κ3) is 1.42. The molecular formula is C8H8N4. The molecule has 12 heavy (non-hydrogen) atoms. The van der Waals surface area contributed by atoms with E-state index >= 15 is 0 Å². The molecule has 0 spiro atoms. The lowest BCUT2D eigenvalue weighted by Crippen LogP contribution is -1.93. The fourth-order valence-electron chi connectivity index (χ4n) is 0.892. The van der Waals surface area contributed by atoms with Crippen molar-refractivity contribution in [2.24, 2.45) is 0 Å². The normalized spacial score (nSPS) is 9.67. The van der Waals surface area contributed by atoms with E-state index in [0.717, 1.165) is 5.82 Å². The maximum absolute atomic E-state index is 4.08. The number of imidazole rings is 1. The van der Waals surface area contributed by atoms with Gasteiger partial charge in [-0.2, -0.15) is 0 Å². The summed E-state index contributed by atoms with van der Waals surface area (Å²) in [5, 5.41) is 3.01. The van der Waals surface area contributed by atoms with Crippen LogP contribution < -0.4 is 5.32 Å². The van der Waals surface area contributed by atoms with Crippen LogP contribution in [0.1, 0.15) is 0 Å². The van der Waals surface area contributed by atoms with Crippen molar-refractivity contribution >= 4 is 11.8 Å². The third-order valence-electron chi connectivity index (χ3n) is 1.41. The molecule has 0 unspecified atom stereocenters. The van der Waals surface area contributed by atoms with Crippen LogP contribution in [0.25, 0.3) is 0 Å². The molecule has 2 heterocycles. The van der Waals surface area contributed by atoms with Crippen molar-refractivity contribution < 1.29 is 0 Å². The van der Waals surface area contributed by atoms with E-state index in [1.807, 2.05) is 18.2 Å². The highest BCUT2D eigenvalue weighted by molar-refractivity contribution is 5.46. The van der Waals surface area contributed by atoms with Crippen molar-refractivity contribution in [2.75, 3.05) is 5.32 Å². The topological polar surface area (TPSA) is 53.6 Å². The molecule has 0 atom stereocenters. The average molecular weight is 160 g/mol. The number of pyridine rings is 1. The molecule has 4 nitrogen and oxygen atoms in total. The number of aromatic amines is 1. The number of nitrogens with one attached hydrogen (secondary N) is 2. The summed E-state index contributed by atoms with van der Waals surface area (Å²) in [5.74, 6) is 1.49. The van der Waals surface area contributed by atoms with Crippen LogP contribution in [0.2, 0.25) is 0 Å². The number of rotatable bonds is 2. The van der Waals surface area contributed by atoms with Crippen molar-refractivity contribution in [3.8, 4) is 0 Å². The summed E-state index contributed by atoms with van der Waals surface area (Å²) in [5.41, 5.74) is 0. The Labute approximate surface area is 69.7 Å². The first-order valence-electron chi connectivity index (χ1n) is 3.62. The highest BCUT2D eigenvalue weighted by Crippen LogP contribution is 2.06. The summed E-state index contributed by atoms with van der Waals surface area (Å²) >= 11 is 0. The molecule has 2 aromatic heterocycles. The standard InChI is InChI=1S/C8H8N4/c1-2-4-9-7(3-1)12-8-10-5-6-11-8/h1-6H,(H2,9,10,11,12). The van der Waals surface area contributed by atoms with Crippen molar-refractivity contribution in [2.45, 2.75) is 0 Å². The van der Waals surface area contributed by atoms with Gasteiger partial charge in [-0.25, -0.2) is 9.97 Å². The minimum atomic E-state index is 0.703. The molecule has 0 radical (unpaired) electrons. The second-order valence-electron chi connectivity index (χ2n) is 2.28. The summed E-state index contributed by atoms with van der Waals surface area (Å²) in [7, 11) is 0. The Bertz CT molecular complexity index is 327. The Balaban J connectivity index is 2.15. The van der Waals surface area contributed by atoms with Crippen LogP contribution in [0.3, 0.4) is 0 Å². The Morgan fingerprint density at radius 3 is 2.83 bits per heavy atom. The summed E-state index contributed by atoms with van der Waals surface area (Å²) in [6, 6.07) is 5.66. The number of H-pyrrole nitrogens is 1. The predicted octanol–water partition coefficient (Wildman–Crippen LogP) is 1.55. The summed E-state index contributed by atoms with van der Waals surface area (Å²) in [6.45, 7) is 0. The Morgan fingerprint density at radius 2 is 2.17 bits per heavy atom. The summed E-state index contributed by atoms with van der Waals surface area (Å²) in [6.07, 6.45) is 5.17. The highest BCUT2D eigenvalue weighted by Gasteiger charge is 1.93. The molecule has 0 amide bonds. The van der Waals surface area contributed by atoms with Gasteiger partial charge in [0.25, 0.3) is 0 Å². The van der Waals surface area contributed by atoms with Gasteiger partial charge in [0.15, 0.2) is 0 Å². The Hall–Kier alpha value is -1.84. The largest absolute Gasteiger partial charge is 0.331 e. The van der Waals surface area contributed by atoms with Gasteiger partial charge >= 0.3 is 0 Å². The van der Waals surface area contributed by atoms with Gasteiger partial charge in [-0.3, -0.25) is 0 Å². The minimum absolute atomic E-state index is 0.703. The SMILES string of the molecule is c1ccc(Nc2ncc[nH]2)nc1. The molecule has 0 fully saturated rings. The molecule has 2 rings (SSSR count). The molecule has 0 aliphatic carbocycles. The fraction of sp³-hybridized carbons (Fsp3) is 0. The number of hydrogen-bond acceptors (Lipinski definition) is 3. The lowest BCUT2D eigenvalue weighted by Gasteiger charge is -1.98. The summed E-state index contributed by atoms with van der Waals surface area (Å²) < 4.78 is 0. The fourth-order valence-corrected chi connectivity index (χ4v) is 0.892. The quantitative estimate of drug-likeness (QED) is 0.700. The van der Waals surface area contributed by atoms with Gasteiger partial charge in [0, 0.05) is 18.6 Å². The van der Waals surface area contributed by atoms with Gasteiger partial charge in [-0.15, -0.1) is 0 Å². The van der Waals surface area contributed by atoms with E-state index in [4.69, 9.17) is 0 Å². The zero-order chi connectivity index (χ0) is 8.23. The van der Waals surface area contributed by atoms with Gasteiger partial charge in [0.2, 0.25) is 5.95 Å². The van der Waals surface area contributed by atoms with Crippen LogP contribution in [0.4, 0.5) is 11.8 Å². The number of aromatic nitrogens is 3. The molecule has 0 bridgehead atoms. The number of hydrogen-bond donors (Lipinski definition) is 2. The Kier molecular flexibility index (Phi) is 1.74. The van der Waals surface area contributed by atoms with Gasteiger partial charge in [0.1, 0.15) is 5.82 Å². The van der Waals surface area contributed by atoms with E-state index in [2.05, 4.69) is 20.3 Å². The van der Waals surface area contributed by atoms with Crippen LogP contribution >= 0.6 is 0 Å². The predicted molar refractivity (Wildman–Crippen MR) is 46.1 cm³/mol.